The van der Waals surface area contributed by atoms with E-state index in [1.165, 1.54) is 0 Å². The van der Waals surface area contributed by atoms with Crippen LogP contribution in [0.2, 0.25) is 0 Å². The fraction of sp³-hybridized carbons (Fsp3) is 0.625. The number of nitrogens with zero attached hydrogens (tertiary/aromatic N) is 1. The van der Waals surface area contributed by atoms with Gasteiger partial charge in [0.15, 0.2) is 0 Å². The number of rotatable bonds is 7. The second kappa shape index (κ2) is 7.98. The van der Waals surface area contributed by atoms with Gasteiger partial charge in [-0.2, -0.15) is 0 Å². The summed E-state index contributed by atoms with van der Waals surface area (Å²) in [6.07, 6.45) is 1.93. The van der Waals surface area contributed by atoms with E-state index in [2.05, 4.69) is 18.7 Å². The number of anilines is 2. The quantitative estimate of drug-likeness (QED) is 0.784. The van der Waals surface area contributed by atoms with Gasteiger partial charge >= 0.3 is 0 Å². The van der Waals surface area contributed by atoms with Crippen LogP contribution in [-0.4, -0.2) is 39.5 Å². The molecule has 0 spiro atoms. The fourth-order valence-corrected chi connectivity index (χ4v) is 2.28. The van der Waals surface area contributed by atoms with Crippen LogP contribution in [0.5, 0.6) is 11.5 Å². The molecule has 2 N–H and O–H groups in total. The molecule has 118 valence electrons. The Kier molecular flexibility index (Phi) is 5.99. The molecule has 1 aliphatic heterocycles. The Morgan fingerprint density at radius 2 is 1.67 bits per heavy atom. The number of hydrogen-bond acceptors (Lipinski definition) is 5. The Bertz CT molecular complexity index is 445. The Balaban J connectivity index is 2.26. The van der Waals surface area contributed by atoms with Gasteiger partial charge in [-0.3, -0.25) is 0 Å². The molecule has 1 aromatic rings. The van der Waals surface area contributed by atoms with E-state index < -0.39 is 0 Å². The molecule has 0 aromatic heterocycles. The molecule has 5 nitrogen and oxygen atoms in total. The highest BCUT2D eigenvalue weighted by Gasteiger charge is 2.18. The first kappa shape index (κ1) is 15.8. The second-order valence-electron chi connectivity index (χ2n) is 5.15. The van der Waals surface area contributed by atoms with Crippen LogP contribution >= 0.6 is 0 Å². The van der Waals surface area contributed by atoms with Crippen LogP contribution < -0.4 is 20.1 Å². The first-order valence-corrected chi connectivity index (χ1v) is 7.78. The topological polar surface area (TPSA) is 57.0 Å². The predicted octanol–water partition coefficient (Wildman–Crippen LogP) is 2.68. The zero-order chi connectivity index (χ0) is 15.1. The molecule has 0 aliphatic carbocycles. The number of morpholine rings is 1. The minimum absolute atomic E-state index is 0.631. The van der Waals surface area contributed by atoms with Gasteiger partial charge in [0, 0.05) is 25.2 Å². The number of nitrogen functional groups attached to an aromatic ring is 1. The maximum Gasteiger partial charge on any atom is 0.144 e. The lowest BCUT2D eigenvalue weighted by atomic mass is 10.2. The predicted molar refractivity (Wildman–Crippen MR) is 85.5 cm³/mol. The summed E-state index contributed by atoms with van der Waals surface area (Å²) in [5.41, 5.74) is 7.76. The van der Waals surface area contributed by atoms with Crippen molar-refractivity contribution in [2.45, 2.75) is 26.7 Å². The summed E-state index contributed by atoms with van der Waals surface area (Å²) in [4.78, 5) is 2.27. The van der Waals surface area contributed by atoms with Crippen LogP contribution in [0.25, 0.3) is 0 Å². The van der Waals surface area contributed by atoms with Gasteiger partial charge < -0.3 is 24.8 Å². The minimum atomic E-state index is 0.631. The molecule has 1 saturated heterocycles. The number of benzene rings is 1. The summed E-state index contributed by atoms with van der Waals surface area (Å²) < 4.78 is 17.0. The van der Waals surface area contributed by atoms with Crippen molar-refractivity contribution in [1.29, 1.82) is 0 Å². The second-order valence-corrected chi connectivity index (χ2v) is 5.15. The standard InChI is InChI=1S/C16H26N2O3/c1-3-7-20-15-12-14(18-5-9-19-10-6-18)16(11-13(15)17)21-8-4-2/h11-12H,3-10,17H2,1-2H3. The van der Waals surface area contributed by atoms with Crippen molar-refractivity contribution in [3.63, 3.8) is 0 Å². The van der Waals surface area contributed by atoms with Gasteiger partial charge in [0.05, 0.1) is 37.8 Å². The maximum absolute atomic E-state index is 6.08. The van der Waals surface area contributed by atoms with Crippen molar-refractivity contribution >= 4 is 11.4 Å². The third-order valence-electron chi connectivity index (χ3n) is 3.37. The summed E-state index contributed by atoms with van der Waals surface area (Å²) in [5, 5.41) is 0. The molecule has 5 heteroatoms. The van der Waals surface area contributed by atoms with Crippen LogP contribution in [0.1, 0.15) is 26.7 Å². The molecule has 0 atom stereocenters. The zero-order valence-corrected chi connectivity index (χ0v) is 13.1. The lowest BCUT2D eigenvalue weighted by Crippen LogP contribution is -2.36. The largest absolute Gasteiger partial charge is 0.491 e. The van der Waals surface area contributed by atoms with Gasteiger partial charge in [0.25, 0.3) is 0 Å². The van der Waals surface area contributed by atoms with E-state index in [0.717, 1.165) is 56.3 Å². The highest BCUT2D eigenvalue weighted by Crippen LogP contribution is 2.37. The Labute approximate surface area is 127 Å². The molecule has 1 fully saturated rings. The SMILES string of the molecule is CCCOc1cc(N2CCOCC2)c(OCCC)cc1N. The Hall–Kier alpha value is -1.62. The first-order chi connectivity index (χ1) is 10.3. The van der Waals surface area contributed by atoms with E-state index in [-0.39, 0.29) is 0 Å². The molecule has 2 rings (SSSR count). The highest BCUT2D eigenvalue weighted by molar-refractivity contribution is 5.70. The van der Waals surface area contributed by atoms with Crippen molar-refractivity contribution in [3.8, 4) is 11.5 Å². The summed E-state index contributed by atoms with van der Waals surface area (Å²) >= 11 is 0. The van der Waals surface area contributed by atoms with Crippen molar-refractivity contribution in [2.75, 3.05) is 50.2 Å². The Morgan fingerprint density at radius 3 is 2.29 bits per heavy atom. The third-order valence-corrected chi connectivity index (χ3v) is 3.37. The Morgan fingerprint density at radius 1 is 1.05 bits per heavy atom. The summed E-state index contributed by atoms with van der Waals surface area (Å²) in [7, 11) is 0. The normalized spacial score (nSPS) is 15.0. The van der Waals surface area contributed by atoms with E-state index in [1.54, 1.807) is 0 Å². The van der Waals surface area contributed by atoms with E-state index >= 15 is 0 Å². The van der Waals surface area contributed by atoms with Crippen LogP contribution in [-0.2, 0) is 4.74 Å². The molecule has 0 bridgehead atoms. The summed E-state index contributed by atoms with van der Waals surface area (Å²) in [6.45, 7) is 8.73. The number of hydrogen-bond donors (Lipinski definition) is 1. The lowest BCUT2D eigenvalue weighted by Gasteiger charge is -2.31. The molecule has 1 heterocycles. The highest BCUT2D eigenvalue weighted by atomic mass is 16.5. The van der Waals surface area contributed by atoms with Crippen molar-refractivity contribution < 1.29 is 14.2 Å². The van der Waals surface area contributed by atoms with E-state index in [4.69, 9.17) is 19.9 Å². The van der Waals surface area contributed by atoms with Gasteiger partial charge in [-0.25, -0.2) is 0 Å². The van der Waals surface area contributed by atoms with Gasteiger partial charge in [0.1, 0.15) is 11.5 Å². The smallest absolute Gasteiger partial charge is 0.144 e. The van der Waals surface area contributed by atoms with Crippen LogP contribution in [0.15, 0.2) is 12.1 Å². The molecule has 1 aromatic carbocycles. The number of ether oxygens (including phenoxy) is 3. The molecule has 0 amide bonds. The minimum Gasteiger partial charge on any atom is -0.491 e. The van der Waals surface area contributed by atoms with E-state index in [0.29, 0.717) is 18.9 Å². The molecule has 21 heavy (non-hydrogen) atoms. The third kappa shape index (κ3) is 4.17. The van der Waals surface area contributed by atoms with Gasteiger partial charge in [-0.1, -0.05) is 13.8 Å². The van der Waals surface area contributed by atoms with Crippen LogP contribution in [0, 0.1) is 0 Å². The van der Waals surface area contributed by atoms with Gasteiger partial charge in [-0.15, -0.1) is 0 Å². The average molecular weight is 294 g/mol. The molecule has 0 radical (unpaired) electrons. The summed E-state index contributed by atoms with van der Waals surface area (Å²) in [5.74, 6) is 1.57. The van der Waals surface area contributed by atoms with E-state index in [9.17, 15) is 0 Å². The van der Waals surface area contributed by atoms with Crippen LogP contribution in [0.3, 0.4) is 0 Å². The zero-order valence-electron chi connectivity index (χ0n) is 13.1. The molecule has 0 unspecified atom stereocenters. The van der Waals surface area contributed by atoms with Crippen molar-refractivity contribution in [3.05, 3.63) is 12.1 Å². The molecule has 0 saturated carbocycles. The first-order valence-electron chi connectivity index (χ1n) is 7.78. The van der Waals surface area contributed by atoms with Crippen LogP contribution in [0.4, 0.5) is 11.4 Å². The maximum atomic E-state index is 6.08. The molecular formula is C16H26N2O3. The van der Waals surface area contributed by atoms with Gasteiger partial charge in [0.2, 0.25) is 0 Å². The van der Waals surface area contributed by atoms with Crippen molar-refractivity contribution in [1.82, 2.24) is 0 Å². The monoisotopic (exact) mass is 294 g/mol. The van der Waals surface area contributed by atoms with E-state index in [1.807, 2.05) is 12.1 Å². The average Bonchev–Trinajstić information content (AvgIpc) is 2.52. The van der Waals surface area contributed by atoms with Gasteiger partial charge in [-0.05, 0) is 12.8 Å². The lowest BCUT2D eigenvalue weighted by molar-refractivity contribution is 0.122. The fourth-order valence-electron chi connectivity index (χ4n) is 2.28. The molecular weight excluding hydrogens is 268 g/mol. The summed E-state index contributed by atoms with van der Waals surface area (Å²) in [6, 6.07) is 3.88. The van der Waals surface area contributed by atoms with Crippen molar-refractivity contribution in [2.24, 2.45) is 0 Å². The number of nitrogens with two attached hydrogens (primary N) is 1. The molecule has 1 aliphatic rings.